The molecule has 1 fully saturated rings. The maximum absolute atomic E-state index is 14.0. The van der Waals surface area contributed by atoms with Gasteiger partial charge in [0.25, 0.3) is 0 Å². The second-order valence-electron chi connectivity index (χ2n) is 14.5. The van der Waals surface area contributed by atoms with E-state index in [0.29, 0.717) is 0 Å². The monoisotopic (exact) mass is 1090 g/mol. The van der Waals surface area contributed by atoms with Gasteiger partial charge in [0.05, 0.1) is 0 Å². The van der Waals surface area contributed by atoms with Gasteiger partial charge in [-0.05, 0) is 50.9 Å². The first-order valence-electron chi connectivity index (χ1n) is 20.9. The number of benzene rings is 8. The summed E-state index contributed by atoms with van der Waals surface area (Å²) in [6, 6.07) is 83.3. The molecule has 0 aliphatic heterocycles. The molecular formula is C62H43O6Ru2+6. The molecule has 7 radical (unpaired) electrons. The van der Waals surface area contributed by atoms with Gasteiger partial charge >= 0.3 is 84.2 Å². The van der Waals surface area contributed by atoms with Crippen LogP contribution in [0.3, 0.4) is 0 Å². The van der Waals surface area contributed by atoms with Crippen molar-refractivity contribution in [3.8, 4) is 0 Å². The van der Waals surface area contributed by atoms with E-state index in [2.05, 4.69) is 179 Å². The van der Waals surface area contributed by atoms with Gasteiger partial charge in [-0.25, -0.2) is 0 Å². The van der Waals surface area contributed by atoms with Crippen LogP contribution in [0.5, 0.6) is 0 Å². The summed E-state index contributed by atoms with van der Waals surface area (Å²) in [6.07, 6.45) is 2.36. The Morgan fingerprint density at radius 3 is 0.629 bits per heavy atom. The summed E-state index contributed by atoms with van der Waals surface area (Å²) >= 11 is 0. The summed E-state index contributed by atoms with van der Waals surface area (Å²) in [5.74, 6) is 5.21. The van der Waals surface area contributed by atoms with E-state index >= 15 is 0 Å². The van der Waals surface area contributed by atoms with E-state index < -0.39 is 0 Å². The number of hydrogen-bond donors (Lipinski definition) is 0. The van der Waals surface area contributed by atoms with Crippen molar-refractivity contribution in [2.45, 2.75) is 0 Å². The number of ketones is 1. The quantitative estimate of drug-likeness (QED) is 0.0838. The molecule has 8 heteroatoms. The van der Waals surface area contributed by atoms with E-state index in [4.69, 9.17) is 18.6 Å². The number of carbonyl (C=O) groups is 1. The predicted octanol–water partition coefficient (Wildman–Crippen LogP) is 12.5. The summed E-state index contributed by atoms with van der Waals surface area (Å²) in [5, 5.41) is 0. The maximum atomic E-state index is 14.0. The van der Waals surface area contributed by atoms with Gasteiger partial charge in [0.15, 0.2) is 5.78 Å². The molecule has 0 unspecified atom stereocenters. The van der Waals surface area contributed by atoms with E-state index in [9.17, 15) is 4.79 Å². The molecule has 2 N–H and O–H groups in total. The minimum atomic E-state index is 0. The molecule has 70 heavy (non-hydrogen) atoms. The maximum Gasteiger partial charge on any atom is 3.00 e. The first-order chi connectivity index (χ1) is 33.3. The molecule has 0 bridgehead atoms. The Labute approximate surface area is 437 Å². The number of hydrogen-bond acceptors (Lipinski definition) is 1. The van der Waals surface area contributed by atoms with Crippen LogP contribution in [0.2, 0.25) is 0 Å². The molecule has 1 saturated carbocycles. The van der Waals surface area contributed by atoms with Crippen LogP contribution in [0.1, 0.15) is 44.5 Å². The van der Waals surface area contributed by atoms with Crippen molar-refractivity contribution in [3.63, 3.8) is 0 Å². The molecule has 0 saturated heterocycles. The van der Waals surface area contributed by atoms with Crippen molar-refractivity contribution in [2.75, 3.05) is 0 Å². The Kier molecular flexibility index (Phi) is 27.1. The van der Waals surface area contributed by atoms with Gasteiger partial charge in [-0.2, -0.15) is 0 Å². The fraction of sp³-hybridized carbons (Fsp3) is 0. The van der Waals surface area contributed by atoms with E-state index in [1.807, 2.05) is 97.1 Å². The van der Waals surface area contributed by atoms with Gasteiger partial charge in [0.1, 0.15) is 0 Å². The molecule has 0 heterocycles. The van der Waals surface area contributed by atoms with Crippen LogP contribution >= 0.6 is 0 Å². The topological polar surface area (TPSA) is 128 Å². The third-order valence-electron chi connectivity index (χ3n) is 10.8. The van der Waals surface area contributed by atoms with Crippen molar-refractivity contribution in [2.24, 2.45) is 0 Å². The Morgan fingerprint density at radius 1 is 0.243 bits per heavy atom. The van der Waals surface area contributed by atoms with Crippen LogP contribution in [0.4, 0.5) is 0 Å². The van der Waals surface area contributed by atoms with Crippen molar-refractivity contribution in [1.82, 2.24) is 0 Å². The Bertz CT molecular complexity index is 2670. The van der Waals surface area contributed by atoms with Gasteiger partial charge in [-0.15, -0.1) is 0 Å². The molecule has 8 aromatic rings. The smallest absolute Gasteiger partial charge is 0.0622 e. The van der Waals surface area contributed by atoms with Crippen molar-refractivity contribution >= 4 is 28.1 Å². The Morgan fingerprint density at radius 2 is 0.414 bits per heavy atom. The number of allylic oxidation sites excluding steroid dienone is 4. The molecule has 0 amide bonds. The predicted molar refractivity (Wildman–Crippen MR) is 263 cm³/mol. The molecule has 337 valence electrons. The van der Waals surface area contributed by atoms with Crippen LogP contribution < -0.4 is 0 Å². The SMILES string of the molecule is O.O=C1C(c2ccccc2)=C(c2ccccc2)C(c2ccccc2)=C1c1ccccc1.[C-]#[O+].[C-]#[O+].[C-]#[O+].[C-]#[O+].[CH]1[C](c2ccccc2)[C](c2ccccc2)[C](c2ccccc2)[C]1c1ccccc1.[Ru+3].[Ru+3]. The van der Waals surface area contributed by atoms with Gasteiger partial charge in [-0.1, -0.05) is 243 Å². The molecule has 0 aromatic heterocycles. The van der Waals surface area contributed by atoms with Gasteiger partial charge in [0.2, 0.25) is 0 Å². The summed E-state index contributed by atoms with van der Waals surface area (Å²) in [7, 11) is 0. The van der Waals surface area contributed by atoms with E-state index in [1.54, 1.807) is 0 Å². The number of rotatable bonds is 8. The zero-order valence-electron chi connectivity index (χ0n) is 37.4. The van der Waals surface area contributed by atoms with Gasteiger partial charge in [0, 0.05) is 46.0 Å². The second kappa shape index (κ2) is 32.0. The third kappa shape index (κ3) is 14.1. The zero-order chi connectivity index (χ0) is 47.8. The van der Waals surface area contributed by atoms with Crippen molar-refractivity contribution in [3.05, 3.63) is 344 Å². The largest absolute Gasteiger partial charge is 3.00 e. The molecule has 10 rings (SSSR count). The minimum absolute atomic E-state index is 0. The van der Waals surface area contributed by atoms with E-state index in [1.165, 1.54) is 45.9 Å². The molecule has 0 atom stereocenters. The third-order valence-corrected chi connectivity index (χ3v) is 10.8. The van der Waals surface area contributed by atoms with Crippen molar-refractivity contribution < 1.29 is 67.8 Å². The Hall–Kier alpha value is -6.92. The van der Waals surface area contributed by atoms with Crippen LogP contribution in [0.15, 0.2) is 243 Å². The molecule has 2 aliphatic rings. The summed E-state index contributed by atoms with van der Waals surface area (Å²) in [4.78, 5) is 14.0. The second-order valence-corrected chi connectivity index (χ2v) is 14.5. The normalized spacial score (nSPS) is 12.8. The molecule has 0 spiro atoms. The van der Waals surface area contributed by atoms with E-state index in [0.717, 1.165) is 44.5 Å². The van der Waals surface area contributed by atoms with Crippen LogP contribution in [-0.2, 0) is 62.4 Å². The molecule has 8 aromatic carbocycles. The van der Waals surface area contributed by atoms with Crippen LogP contribution in [0, 0.1) is 56.7 Å². The fourth-order valence-corrected chi connectivity index (χ4v) is 8.21. The average Bonchev–Trinajstić information content (AvgIpc) is 3.99. The summed E-state index contributed by atoms with van der Waals surface area (Å²) in [5.41, 5.74) is 12.5. The fourth-order valence-electron chi connectivity index (χ4n) is 8.21. The van der Waals surface area contributed by atoms with Gasteiger partial charge in [-0.3, -0.25) is 4.79 Å². The van der Waals surface area contributed by atoms with Crippen molar-refractivity contribution in [1.29, 1.82) is 0 Å². The Balaban J connectivity index is 0.000000406. The van der Waals surface area contributed by atoms with Crippen LogP contribution in [0.25, 0.3) is 22.3 Å². The summed E-state index contributed by atoms with van der Waals surface area (Å²) in [6.45, 7) is 18.0. The van der Waals surface area contributed by atoms with Gasteiger partial charge < -0.3 is 5.48 Å². The standard InChI is InChI=1S/C29H20O.C29H21.4CO.H2O.2Ru/c30-29-27(23-17-9-3-10-18-23)25(21-13-5-1-6-14-21)26(22-15-7-2-8-16-22)28(29)24-19-11-4-12-20-24;1-5-13-22(14-6-1)26-21-27(23-15-7-2-8-16-23)29(25-19-11-4-12-20-25)28(26)24-17-9-3-10-18-24;4*1-2;;;/h1-20H;1-21H;;;;;1H2;;/q;;;;;;;2*+3. The van der Waals surface area contributed by atoms with Crippen LogP contribution in [-0.4, -0.2) is 11.3 Å². The number of carbonyl (C=O) groups excluding carboxylic acids is 1. The minimum Gasteiger partial charge on any atom is -0.0622 e. The number of Topliss-reactive ketones (excluding diaryl/α,β-unsaturated/α-hetero) is 1. The molecule has 6 nitrogen and oxygen atoms in total. The zero-order valence-corrected chi connectivity index (χ0v) is 40.9. The summed E-state index contributed by atoms with van der Waals surface area (Å²) < 4.78 is 30.0. The first-order valence-corrected chi connectivity index (χ1v) is 20.9. The first kappa shape index (κ1) is 59.2. The molecule has 2 aliphatic carbocycles. The van der Waals surface area contributed by atoms with E-state index in [-0.39, 0.29) is 50.2 Å². The molecular weight excluding hydrogens is 1040 g/mol. The average molecular weight is 1090 g/mol.